The van der Waals surface area contributed by atoms with Gasteiger partial charge >= 0.3 is 0 Å². The van der Waals surface area contributed by atoms with Crippen molar-refractivity contribution in [2.45, 2.75) is 45.1 Å². The maximum absolute atomic E-state index is 10.4. The van der Waals surface area contributed by atoms with Crippen molar-refractivity contribution in [3.8, 4) is 0 Å². The van der Waals surface area contributed by atoms with Crippen LogP contribution < -0.4 is 0 Å². The van der Waals surface area contributed by atoms with Crippen LogP contribution in [0.1, 0.15) is 25.1 Å². The number of ether oxygens (including phenoxy) is 1. The molecule has 2 aliphatic heterocycles. The van der Waals surface area contributed by atoms with Crippen LogP contribution in [-0.2, 0) is 17.7 Å². The lowest BCUT2D eigenvalue weighted by Crippen LogP contribution is -2.50. The maximum Gasteiger partial charge on any atom is 0.115 e. The van der Waals surface area contributed by atoms with Crippen LogP contribution in [0.2, 0.25) is 0 Å². The fourth-order valence-corrected chi connectivity index (χ4v) is 3.55. The minimum atomic E-state index is -0.333. The van der Waals surface area contributed by atoms with Gasteiger partial charge in [0.05, 0.1) is 24.0 Å². The van der Waals surface area contributed by atoms with Gasteiger partial charge in [-0.25, -0.2) is 9.97 Å². The normalized spacial score (nSPS) is 28.3. The SMILES string of the molecule is C[C@@H]1CN(C[C@@H](O)CN2CCc3cncnc3C2)C[C@@H](C)O1. The average molecular weight is 306 g/mol. The molecule has 22 heavy (non-hydrogen) atoms. The first-order valence-electron chi connectivity index (χ1n) is 8.16. The Kier molecular flexibility index (Phi) is 5.03. The highest BCUT2D eigenvalue weighted by molar-refractivity contribution is 5.18. The van der Waals surface area contributed by atoms with Crippen LogP contribution in [0.25, 0.3) is 0 Å². The minimum absolute atomic E-state index is 0.245. The van der Waals surface area contributed by atoms with E-state index < -0.39 is 0 Å². The van der Waals surface area contributed by atoms with E-state index in [1.807, 2.05) is 6.20 Å². The molecular formula is C16H26N4O2. The minimum Gasteiger partial charge on any atom is -0.390 e. The predicted octanol–water partition coefficient (Wildman–Crippen LogP) is 0.305. The van der Waals surface area contributed by atoms with Gasteiger partial charge in [-0.05, 0) is 25.8 Å². The molecule has 0 unspecified atom stereocenters. The molecule has 3 heterocycles. The van der Waals surface area contributed by atoms with E-state index in [9.17, 15) is 5.11 Å². The van der Waals surface area contributed by atoms with Gasteiger partial charge in [-0.1, -0.05) is 0 Å². The summed E-state index contributed by atoms with van der Waals surface area (Å²) in [5, 5.41) is 10.4. The summed E-state index contributed by atoms with van der Waals surface area (Å²) in [6.45, 7) is 9.18. The second-order valence-electron chi connectivity index (χ2n) is 6.61. The number of aliphatic hydroxyl groups excluding tert-OH is 1. The third-order valence-corrected chi connectivity index (χ3v) is 4.39. The van der Waals surface area contributed by atoms with E-state index in [1.165, 1.54) is 5.56 Å². The van der Waals surface area contributed by atoms with Crippen molar-refractivity contribution in [2.24, 2.45) is 0 Å². The number of fused-ring (bicyclic) bond motifs is 1. The third-order valence-electron chi connectivity index (χ3n) is 4.39. The number of aromatic nitrogens is 2. The summed E-state index contributed by atoms with van der Waals surface area (Å²) in [4.78, 5) is 13.0. The Balaban J connectivity index is 1.49. The Morgan fingerprint density at radius 2 is 2.00 bits per heavy atom. The Morgan fingerprint density at radius 3 is 2.77 bits per heavy atom. The molecule has 3 rings (SSSR count). The largest absolute Gasteiger partial charge is 0.390 e. The standard InChI is InChI=1S/C16H26N4O2/c1-12-6-20(7-13(2)22-12)9-15(21)8-19-4-3-14-5-17-11-18-16(14)10-19/h5,11-13,15,21H,3-4,6-10H2,1-2H3/t12-,13-,15+/m1/s1. The number of rotatable bonds is 4. The van der Waals surface area contributed by atoms with Gasteiger partial charge in [-0.2, -0.15) is 0 Å². The van der Waals surface area contributed by atoms with Crippen molar-refractivity contribution in [3.63, 3.8) is 0 Å². The highest BCUT2D eigenvalue weighted by atomic mass is 16.5. The zero-order valence-corrected chi connectivity index (χ0v) is 13.5. The molecule has 1 N–H and O–H groups in total. The van der Waals surface area contributed by atoms with E-state index in [4.69, 9.17) is 4.74 Å². The summed E-state index contributed by atoms with van der Waals surface area (Å²) in [7, 11) is 0. The van der Waals surface area contributed by atoms with Gasteiger partial charge in [0.2, 0.25) is 0 Å². The highest BCUT2D eigenvalue weighted by Gasteiger charge is 2.25. The quantitative estimate of drug-likeness (QED) is 0.863. The molecule has 0 spiro atoms. The smallest absolute Gasteiger partial charge is 0.115 e. The first-order chi connectivity index (χ1) is 10.6. The molecule has 0 saturated carbocycles. The lowest BCUT2D eigenvalue weighted by Gasteiger charge is -2.37. The van der Waals surface area contributed by atoms with Gasteiger partial charge in [0.1, 0.15) is 6.33 Å². The van der Waals surface area contributed by atoms with Crippen LogP contribution in [0, 0.1) is 0 Å². The summed E-state index contributed by atoms with van der Waals surface area (Å²) in [6, 6.07) is 0. The molecule has 1 aromatic rings. The molecule has 122 valence electrons. The topological polar surface area (TPSA) is 61.7 Å². The van der Waals surface area contributed by atoms with E-state index in [0.717, 1.165) is 38.3 Å². The van der Waals surface area contributed by atoms with E-state index in [0.29, 0.717) is 13.1 Å². The maximum atomic E-state index is 10.4. The molecule has 0 aliphatic carbocycles. The second kappa shape index (κ2) is 7.00. The van der Waals surface area contributed by atoms with Crippen molar-refractivity contribution < 1.29 is 9.84 Å². The monoisotopic (exact) mass is 306 g/mol. The van der Waals surface area contributed by atoms with Crippen LogP contribution >= 0.6 is 0 Å². The third kappa shape index (κ3) is 4.01. The number of hydrogen-bond donors (Lipinski definition) is 1. The fraction of sp³-hybridized carbons (Fsp3) is 0.750. The Morgan fingerprint density at radius 1 is 1.27 bits per heavy atom. The average Bonchev–Trinajstić information content (AvgIpc) is 2.45. The van der Waals surface area contributed by atoms with E-state index in [2.05, 4.69) is 33.6 Å². The molecule has 1 saturated heterocycles. The molecule has 6 nitrogen and oxygen atoms in total. The molecule has 2 aliphatic rings. The first kappa shape index (κ1) is 15.8. The van der Waals surface area contributed by atoms with Gasteiger partial charge in [-0.15, -0.1) is 0 Å². The molecular weight excluding hydrogens is 280 g/mol. The Hall–Kier alpha value is -1.08. The van der Waals surface area contributed by atoms with E-state index in [-0.39, 0.29) is 18.3 Å². The van der Waals surface area contributed by atoms with Crippen molar-refractivity contribution in [1.29, 1.82) is 0 Å². The predicted molar refractivity (Wildman–Crippen MR) is 83.5 cm³/mol. The van der Waals surface area contributed by atoms with Gasteiger partial charge < -0.3 is 9.84 Å². The van der Waals surface area contributed by atoms with Crippen molar-refractivity contribution in [1.82, 2.24) is 19.8 Å². The summed E-state index contributed by atoms with van der Waals surface area (Å²) >= 11 is 0. The fourth-order valence-electron chi connectivity index (χ4n) is 3.55. The van der Waals surface area contributed by atoms with Crippen LogP contribution in [-0.4, -0.2) is 75.9 Å². The lowest BCUT2D eigenvalue weighted by atomic mass is 10.1. The number of nitrogens with zero attached hydrogens (tertiary/aromatic N) is 4. The van der Waals surface area contributed by atoms with Crippen LogP contribution in [0.5, 0.6) is 0 Å². The molecule has 0 radical (unpaired) electrons. The Bertz CT molecular complexity index is 489. The summed E-state index contributed by atoms with van der Waals surface area (Å²) < 4.78 is 5.74. The number of aliphatic hydroxyl groups is 1. The lowest BCUT2D eigenvalue weighted by molar-refractivity contribution is -0.0782. The van der Waals surface area contributed by atoms with Gasteiger partial charge in [0.25, 0.3) is 0 Å². The molecule has 0 amide bonds. The van der Waals surface area contributed by atoms with Gasteiger partial charge in [0, 0.05) is 45.5 Å². The van der Waals surface area contributed by atoms with Crippen LogP contribution in [0.4, 0.5) is 0 Å². The van der Waals surface area contributed by atoms with Crippen LogP contribution in [0.3, 0.4) is 0 Å². The highest BCUT2D eigenvalue weighted by Crippen LogP contribution is 2.16. The van der Waals surface area contributed by atoms with E-state index >= 15 is 0 Å². The molecule has 6 heteroatoms. The zero-order valence-electron chi connectivity index (χ0n) is 13.5. The van der Waals surface area contributed by atoms with Crippen molar-refractivity contribution in [2.75, 3.05) is 32.7 Å². The molecule has 0 aromatic carbocycles. The number of morpholine rings is 1. The first-order valence-corrected chi connectivity index (χ1v) is 8.16. The molecule has 1 aromatic heterocycles. The van der Waals surface area contributed by atoms with Crippen LogP contribution in [0.15, 0.2) is 12.5 Å². The van der Waals surface area contributed by atoms with E-state index in [1.54, 1.807) is 6.33 Å². The summed E-state index contributed by atoms with van der Waals surface area (Å²) in [5.41, 5.74) is 2.34. The molecule has 0 bridgehead atoms. The van der Waals surface area contributed by atoms with Gasteiger partial charge in [-0.3, -0.25) is 9.80 Å². The van der Waals surface area contributed by atoms with Crippen molar-refractivity contribution in [3.05, 3.63) is 23.8 Å². The van der Waals surface area contributed by atoms with Gasteiger partial charge in [0.15, 0.2) is 0 Å². The number of hydrogen-bond acceptors (Lipinski definition) is 6. The molecule has 1 fully saturated rings. The second-order valence-corrected chi connectivity index (χ2v) is 6.61. The zero-order chi connectivity index (χ0) is 15.5. The van der Waals surface area contributed by atoms with Crippen molar-refractivity contribution >= 4 is 0 Å². The summed E-state index contributed by atoms with van der Waals surface area (Å²) in [6.07, 6.45) is 4.64. The molecule has 3 atom stereocenters. The summed E-state index contributed by atoms with van der Waals surface area (Å²) in [5.74, 6) is 0. The number of β-amino-alcohol motifs (C(OH)–C–C–N with tert-alkyl or cyclic N) is 1. The Labute approximate surface area is 132 Å².